The number of pyridine rings is 1. The van der Waals surface area contributed by atoms with Crippen LogP contribution in [-0.4, -0.2) is 40.3 Å². The van der Waals surface area contributed by atoms with Gasteiger partial charge in [-0.3, -0.25) is 14.5 Å². The second kappa shape index (κ2) is 12.6. The number of rotatable bonds is 7. The number of likely N-dealkylation sites (tertiary alicyclic amines) is 1. The Bertz CT molecular complexity index is 897. The quantitative estimate of drug-likeness (QED) is 0.562. The molecule has 0 saturated carbocycles. The Morgan fingerprint density at radius 3 is 2.50 bits per heavy atom. The second-order valence-corrected chi connectivity index (χ2v) is 8.11. The molecule has 0 radical (unpaired) electrons. The summed E-state index contributed by atoms with van der Waals surface area (Å²) in [6, 6.07) is 13.0. The van der Waals surface area contributed by atoms with Crippen molar-refractivity contribution in [3.8, 4) is 0 Å². The smallest absolute Gasteiger partial charge is 0.237 e. The summed E-state index contributed by atoms with van der Waals surface area (Å²) in [7, 11) is 0. The van der Waals surface area contributed by atoms with Gasteiger partial charge < -0.3 is 16.8 Å². The molecule has 2 heterocycles. The van der Waals surface area contributed by atoms with Crippen molar-refractivity contribution in [2.45, 2.75) is 51.7 Å². The van der Waals surface area contributed by atoms with Gasteiger partial charge in [-0.15, -0.1) is 24.8 Å². The molecule has 1 aliphatic heterocycles. The highest BCUT2D eigenvalue weighted by molar-refractivity contribution is 5.86. The minimum Gasteiger partial charge on any atom is -0.384 e. The van der Waals surface area contributed by atoms with Crippen LogP contribution in [0, 0.1) is 12.8 Å². The van der Waals surface area contributed by atoms with Crippen LogP contribution in [0.5, 0.6) is 0 Å². The van der Waals surface area contributed by atoms with E-state index in [4.69, 9.17) is 11.5 Å². The van der Waals surface area contributed by atoms with Gasteiger partial charge in [0.25, 0.3) is 0 Å². The maximum absolute atomic E-state index is 12.8. The number of primary amides is 1. The van der Waals surface area contributed by atoms with Gasteiger partial charge in [0.05, 0.1) is 12.1 Å². The van der Waals surface area contributed by atoms with E-state index in [1.807, 2.05) is 43.0 Å². The van der Waals surface area contributed by atoms with Crippen LogP contribution in [-0.2, 0) is 22.6 Å². The molecule has 1 aliphatic rings. The topological polar surface area (TPSA) is 114 Å². The molecule has 3 rings (SSSR count). The normalized spacial score (nSPS) is 19.2. The highest BCUT2D eigenvalue weighted by Gasteiger charge is 2.36. The Morgan fingerprint density at radius 2 is 1.88 bits per heavy atom. The maximum atomic E-state index is 12.8. The molecule has 5 N–H and O–H groups in total. The van der Waals surface area contributed by atoms with E-state index in [-0.39, 0.29) is 36.6 Å². The molecule has 0 bridgehead atoms. The van der Waals surface area contributed by atoms with Crippen molar-refractivity contribution in [2.75, 3.05) is 12.3 Å². The van der Waals surface area contributed by atoms with E-state index in [1.54, 1.807) is 6.07 Å². The number of hydrogen-bond acceptors (Lipinski definition) is 5. The first-order valence-electron chi connectivity index (χ1n) is 10.4. The first-order chi connectivity index (χ1) is 14.3. The lowest BCUT2D eigenvalue weighted by Gasteiger charge is -2.40. The molecule has 176 valence electrons. The summed E-state index contributed by atoms with van der Waals surface area (Å²) in [4.78, 5) is 31.1. The summed E-state index contributed by atoms with van der Waals surface area (Å²) in [5.41, 5.74) is 14.4. The van der Waals surface area contributed by atoms with Crippen molar-refractivity contribution >= 4 is 42.4 Å². The number of amides is 2. The number of nitrogens with zero attached hydrogens (tertiary/aromatic N) is 2. The number of nitrogens with two attached hydrogens (primary N) is 2. The number of aromatic nitrogens is 1. The van der Waals surface area contributed by atoms with Crippen molar-refractivity contribution in [1.82, 2.24) is 15.2 Å². The van der Waals surface area contributed by atoms with Gasteiger partial charge in [-0.05, 0) is 62.8 Å². The largest absolute Gasteiger partial charge is 0.384 e. The number of benzene rings is 1. The third kappa shape index (κ3) is 7.08. The molecule has 1 aromatic heterocycles. The van der Waals surface area contributed by atoms with E-state index in [2.05, 4.69) is 22.4 Å². The molecular formula is C23H33Cl2N5O2. The fraction of sp³-hybridized carbons (Fsp3) is 0.435. The minimum absolute atomic E-state index is 0. The van der Waals surface area contributed by atoms with Crippen LogP contribution in [0.2, 0.25) is 0 Å². The summed E-state index contributed by atoms with van der Waals surface area (Å²) >= 11 is 0. The van der Waals surface area contributed by atoms with Crippen molar-refractivity contribution in [3.63, 3.8) is 0 Å². The minimum atomic E-state index is -0.442. The van der Waals surface area contributed by atoms with Gasteiger partial charge in [-0.25, -0.2) is 4.98 Å². The fourth-order valence-electron chi connectivity index (χ4n) is 4.21. The van der Waals surface area contributed by atoms with Crippen LogP contribution in [0.25, 0.3) is 0 Å². The van der Waals surface area contributed by atoms with E-state index in [1.165, 1.54) is 5.56 Å². The second-order valence-electron chi connectivity index (χ2n) is 8.11. The first-order valence-corrected chi connectivity index (χ1v) is 10.4. The number of nitrogen functional groups attached to an aromatic ring is 1. The lowest BCUT2D eigenvalue weighted by Crippen LogP contribution is -2.57. The van der Waals surface area contributed by atoms with Gasteiger partial charge in [0.1, 0.15) is 5.82 Å². The van der Waals surface area contributed by atoms with E-state index >= 15 is 0 Å². The standard InChI is InChI=1S/C23H31N5O2.2ClH/c1-15-19(8-9-21(24)27-15)14-26-23(30)16(2)28-11-10-18(13-20(28)22(25)29)12-17-6-4-3-5-7-17;;/h3-9,16,18,20H,10-14H2,1-2H3,(H2,24,27)(H2,25,29)(H,26,30);2*1H/t16-,18?,20?;;/m0../s1. The zero-order valence-electron chi connectivity index (χ0n) is 18.5. The van der Waals surface area contributed by atoms with Crippen LogP contribution in [0.1, 0.15) is 36.6 Å². The van der Waals surface area contributed by atoms with Crippen molar-refractivity contribution in [3.05, 3.63) is 59.3 Å². The number of aryl methyl sites for hydroxylation is 1. The zero-order chi connectivity index (χ0) is 21.7. The predicted molar refractivity (Wildman–Crippen MR) is 132 cm³/mol. The van der Waals surface area contributed by atoms with Gasteiger partial charge in [-0.1, -0.05) is 36.4 Å². The molecular weight excluding hydrogens is 449 g/mol. The number of hydrogen-bond donors (Lipinski definition) is 3. The molecule has 1 aromatic carbocycles. The lowest BCUT2D eigenvalue weighted by molar-refractivity contribution is -0.133. The van der Waals surface area contributed by atoms with Gasteiger partial charge >= 0.3 is 0 Å². The maximum Gasteiger partial charge on any atom is 0.237 e. The lowest BCUT2D eigenvalue weighted by atomic mass is 9.85. The van der Waals surface area contributed by atoms with Gasteiger partial charge in [0.2, 0.25) is 11.8 Å². The summed E-state index contributed by atoms with van der Waals surface area (Å²) < 4.78 is 0. The van der Waals surface area contributed by atoms with E-state index in [0.29, 0.717) is 31.2 Å². The number of anilines is 1. The van der Waals surface area contributed by atoms with Crippen molar-refractivity contribution in [2.24, 2.45) is 11.7 Å². The zero-order valence-corrected chi connectivity index (χ0v) is 20.1. The molecule has 1 fully saturated rings. The van der Waals surface area contributed by atoms with Crippen LogP contribution >= 0.6 is 24.8 Å². The Kier molecular flexibility index (Phi) is 10.9. The SMILES string of the molecule is Cc1nc(N)ccc1CNC(=O)[C@H](C)N1CCC(Cc2ccccc2)CC1C(N)=O.Cl.Cl. The third-order valence-corrected chi connectivity index (χ3v) is 5.99. The number of carbonyl (C=O) groups excluding carboxylic acids is 2. The molecule has 2 unspecified atom stereocenters. The molecule has 0 spiro atoms. The molecule has 32 heavy (non-hydrogen) atoms. The number of carbonyl (C=O) groups is 2. The van der Waals surface area contributed by atoms with Crippen LogP contribution in [0.3, 0.4) is 0 Å². The van der Waals surface area contributed by atoms with E-state index in [9.17, 15) is 9.59 Å². The van der Waals surface area contributed by atoms with Gasteiger partial charge in [0.15, 0.2) is 0 Å². The summed E-state index contributed by atoms with van der Waals surface area (Å²) in [6.45, 7) is 4.73. The highest BCUT2D eigenvalue weighted by atomic mass is 35.5. The van der Waals surface area contributed by atoms with E-state index < -0.39 is 12.1 Å². The summed E-state index contributed by atoms with van der Waals surface area (Å²) in [5.74, 6) is 0.337. The average Bonchev–Trinajstić information content (AvgIpc) is 2.73. The van der Waals surface area contributed by atoms with Crippen molar-refractivity contribution in [1.29, 1.82) is 0 Å². The molecule has 2 amide bonds. The van der Waals surface area contributed by atoms with Crippen LogP contribution in [0.15, 0.2) is 42.5 Å². The van der Waals surface area contributed by atoms with E-state index in [0.717, 1.165) is 24.1 Å². The Morgan fingerprint density at radius 1 is 1.19 bits per heavy atom. The average molecular weight is 482 g/mol. The Hall–Kier alpha value is -2.35. The molecule has 2 aromatic rings. The predicted octanol–water partition coefficient (Wildman–Crippen LogP) is 2.63. The highest BCUT2D eigenvalue weighted by Crippen LogP contribution is 2.27. The van der Waals surface area contributed by atoms with Crippen LogP contribution < -0.4 is 16.8 Å². The van der Waals surface area contributed by atoms with Gasteiger partial charge in [0, 0.05) is 12.2 Å². The molecule has 7 nitrogen and oxygen atoms in total. The summed E-state index contributed by atoms with van der Waals surface area (Å²) in [5, 5.41) is 2.95. The molecule has 1 saturated heterocycles. The first kappa shape index (κ1) is 27.7. The Labute approximate surface area is 202 Å². The van der Waals surface area contributed by atoms with Gasteiger partial charge in [-0.2, -0.15) is 0 Å². The Balaban J connectivity index is 0.00000256. The number of halogens is 2. The number of piperidine rings is 1. The fourth-order valence-corrected chi connectivity index (χ4v) is 4.21. The van der Waals surface area contributed by atoms with Crippen molar-refractivity contribution < 1.29 is 9.59 Å². The molecule has 0 aliphatic carbocycles. The number of nitrogens with one attached hydrogen (secondary N) is 1. The monoisotopic (exact) mass is 481 g/mol. The third-order valence-electron chi connectivity index (χ3n) is 5.99. The molecule has 9 heteroatoms. The molecule has 3 atom stereocenters. The van der Waals surface area contributed by atoms with Crippen LogP contribution in [0.4, 0.5) is 5.82 Å². The summed E-state index contributed by atoms with van der Waals surface area (Å²) in [6.07, 6.45) is 2.52.